The third kappa shape index (κ3) is 4.14. The number of carbonyl (C=O) groups is 1. The maximum atomic E-state index is 12.8. The zero-order valence-corrected chi connectivity index (χ0v) is 16.1. The van der Waals surface area contributed by atoms with Crippen molar-refractivity contribution < 1.29 is 9.32 Å². The zero-order valence-electron chi connectivity index (χ0n) is 16.1. The minimum atomic E-state index is -0.0562. The second kappa shape index (κ2) is 8.38. The molecule has 0 saturated carbocycles. The number of nitrogens with zero attached hydrogens (tertiary/aromatic N) is 3. The summed E-state index contributed by atoms with van der Waals surface area (Å²) in [5, 5.41) is 4.13. The van der Waals surface area contributed by atoms with Gasteiger partial charge in [-0.05, 0) is 54.4 Å². The molecule has 1 saturated heterocycles. The van der Waals surface area contributed by atoms with Crippen molar-refractivity contribution in [1.29, 1.82) is 0 Å². The van der Waals surface area contributed by atoms with Gasteiger partial charge in [0, 0.05) is 31.5 Å². The minimum absolute atomic E-state index is 0.0562. The van der Waals surface area contributed by atoms with E-state index in [1.807, 2.05) is 35.5 Å². The standard InChI is InChI=1S/C23H25N3O2/c1-17(18-5-3-2-4-6-18)15-21-16-22(28-25-21)23(27)26-13-9-20(10-14-26)19-7-11-24-12-8-19/h2-8,11-12,16-17,20H,9-10,13-15H2,1H3/t17-/m1/s1. The summed E-state index contributed by atoms with van der Waals surface area (Å²) in [6.07, 6.45) is 6.34. The summed E-state index contributed by atoms with van der Waals surface area (Å²) >= 11 is 0. The molecule has 2 aromatic heterocycles. The molecule has 3 aromatic rings. The van der Waals surface area contributed by atoms with Gasteiger partial charge in [0.15, 0.2) is 0 Å². The molecule has 0 N–H and O–H groups in total. The van der Waals surface area contributed by atoms with Gasteiger partial charge in [0.1, 0.15) is 0 Å². The smallest absolute Gasteiger partial charge is 0.292 e. The number of piperidine rings is 1. The van der Waals surface area contributed by atoms with Crippen molar-refractivity contribution in [2.75, 3.05) is 13.1 Å². The predicted octanol–water partition coefficient (Wildman–Crippen LogP) is 4.44. The van der Waals surface area contributed by atoms with Gasteiger partial charge in [-0.3, -0.25) is 9.78 Å². The molecule has 5 heteroatoms. The second-order valence-corrected chi connectivity index (χ2v) is 7.55. The fourth-order valence-corrected chi connectivity index (χ4v) is 3.93. The summed E-state index contributed by atoms with van der Waals surface area (Å²) < 4.78 is 5.38. The lowest BCUT2D eigenvalue weighted by molar-refractivity contribution is 0.0671. The average molecular weight is 375 g/mol. The number of pyridine rings is 1. The molecule has 0 spiro atoms. The zero-order chi connectivity index (χ0) is 19.3. The molecule has 3 heterocycles. The number of benzene rings is 1. The molecule has 28 heavy (non-hydrogen) atoms. The van der Waals surface area contributed by atoms with E-state index in [0.29, 0.717) is 17.6 Å². The van der Waals surface area contributed by atoms with E-state index in [1.54, 1.807) is 6.07 Å². The van der Waals surface area contributed by atoms with E-state index in [1.165, 1.54) is 11.1 Å². The quantitative estimate of drug-likeness (QED) is 0.662. The van der Waals surface area contributed by atoms with Crippen LogP contribution >= 0.6 is 0 Å². The van der Waals surface area contributed by atoms with Crippen LogP contribution in [0, 0.1) is 0 Å². The van der Waals surface area contributed by atoms with Crippen molar-refractivity contribution in [3.8, 4) is 0 Å². The largest absolute Gasteiger partial charge is 0.351 e. The van der Waals surface area contributed by atoms with Crippen molar-refractivity contribution in [3.05, 3.63) is 83.5 Å². The van der Waals surface area contributed by atoms with Crippen LogP contribution in [-0.4, -0.2) is 34.0 Å². The van der Waals surface area contributed by atoms with Gasteiger partial charge >= 0.3 is 0 Å². The molecule has 0 aliphatic carbocycles. The second-order valence-electron chi connectivity index (χ2n) is 7.55. The number of carbonyl (C=O) groups excluding carboxylic acids is 1. The van der Waals surface area contributed by atoms with Crippen LogP contribution in [0.25, 0.3) is 0 Å². The van der Waals surface area contributed by atoms with Gasteiger partial charge in [0.05, 0.1) is 5.69 Å². The Morgan fingerprint density at radius 3 is 2.57 bits per heavy atom. The van der Waals surface area contributed by atoms with Crippen LogP contribution in [0.1, 0.15) is 59.0 Å². The number of hydrogen-bond acceptors (Lipinski definition) is 4. The lowest BCUT2D eigenvalue weighted by Gasteiger charge is -2.31. The van der Waals surface area contributed by atoms with Gasteiger partial charge in [-0.2, -0.15) is 0 Å². The van der Waals surface area contributed by atoms with E-state index in [9.17, 15) is 4.79 Å². The van der Waals surface area contributed by atoms with Crippen LogP contribution in [0.15, 0.2) is 65.4 Å². The van der Waals surface area contributed by atoms with Gasteiger partial charge < -0.3 is 9.42 Å². The summed E-state index contributed by atoms with van der Waals surface area (Å²) in [5.41, 5.74) is 3.39. The maximum Gasteiger partial charge on any atom is 0.292 e. The van der Waals surface area contributed by atoms with E-state index in [-0.39, 0.29) is 5.91 Å². The van der Waals surface area contributed by atoms with Crippen molar-refractivity contribution in [1.82, 2.24) is 15.0 Å². The molecule has 144 valence electrons. The van der Waals surface area contributed by atoms with Crippen molar-refractivity contribution in [2.45, 2.75) is 38.0 Å². The average Bonchev–Trinajstić information content (AvgIpc) is 3.23. The van der Waals surface area contributed by atoms with Crippen LogP contribution in [0.3, 0.4) is 0 Å². The van der Waals surface area contributed by atoms with Crippen molar-refractivity contribution in [3.63, 3.8) is 0 Å². The minimum Gasteiger partial charge on any atom is -0.351 e. The first-order valence-corrected chi connectivity index (χ1v) is 9.90. The molecule has 1 atom stereocenters. The fraction of sp³-hybridized carbons (Fsp3) is 0.348. The SMILES string of the molecule is C[C@H](Cc1cc(C(=O)N2CCC(c3ccncc3)CC2)on1)c1ccccc1. The Morgan fingerprint density at radius 1 is 1.14 bits per heavy atom. The van der Waals surface area contributed by atoms with Crippen LogP contribution in [-0.2, 0) is 6.42 Å². The molecule has 1 fully saturated rings. The molecule has 0 unspecified atom stereocenters. The number of rotatable bonds is 5. The Balaban J connectivity index is 1.35. The highest BCUT2D eigenvalue weighted by molar-refractivity contribution is 5.91. The third-order valence-electron chi connectivity index (χ3n) is 5.61. The van der Waals surface area contributed by atoms with E-state index in [2.05, 4.69) is 41.3 Å². The highest BCUT2D eigenvalue weighted by Crippen LogP contribution is 2.28. The van der Waals surface area contributed by atoms with Crippen LogP contribution in [0.5, 0.6) is 0 Å². The molecule has 1 amide bonds. The molecule has 1 aliphatic heterocycles. The molecule has 0 radical (unpaired) electrons. The lowest BCUT2D eigenvalue weighted by Crippen LogP contribution is -2.37. The summed E-state index contributed by atoms with van der Waals surface area (Å²) in [5.74, 6) is 1.10. The lowest BCUT2D eigenvalue weighted by atomic mass is 9.90. The summed E-state index contributed by atoms with van der Waals surface area (Å²) in [7, 11) is 0. The highest BCUT2D eigenvalue weighted by atomic mass is 16.5. The molecule has 4 rings (SSSR count). The first-order chi connectivity index (χ1) is 13.7. The van der Waals surface area contributed by atoms with Crippen LogP contribution in [0.2, 0.25) is 0 Å². The van der Waals surface area contributed by atoms with E-state index in [0.717, 1.165) is 38.0 Å². The van der Waals surface area contributed by atoms with Crippen molar-refractivity contribution in [2.24, 2.45) is 0 Å². The normalized spacial score (nSPS) is 16.1. The monoisotopic (exact) mass is 375 g/mol. The van der Waals surface area contributed by atoms with Gasteiger partial charge in [-0.25, -0.2) is 0 Å². The van der Waals surface area contributed by atoms with Crippen LogP contribution < -0.4 is 0 Å². The number of aromatic nitrogens is 2. The third-order valence-corrected chi connectivity index (χ3v) is 5.61. The maximum absolute atomic E-state index is 12.8. The Hall–Kier alpha value is -2.95. The van der Waals surface area contributed by atoms with E-state index in [4.69, 9.17) is 4.52 Å². The Morgan fingerprint density at radius 2 is 1.86 bits per heavy atom. The summed E-state index contributed by atoms with van der Waals surface area (Å²) in [4.78, 5) is 18.8. The molecule has 1 aliphatic rings. The van der Waals surface area contributed by atoms with Crippen molar-refractivity contribution >= 4 is 5.91 Å². The first-order valence-electron chi connectivity index (χ1n) is 9.90. The summed E-state index contributed by atoms with van der Waals surface area (Å²) in [6.45, 7) is 3.64. The van der Waals surface area contributed by atoms with E-state index < -0.39 is 0 Å². The highest BCUT2D eigenvalue weighted by Gasteiger charge is 2.27. The van der Waals surface area contributed by atoms with Crippen LogP contribution in [0.4, 0.5) is 0 Å². The molecular weight excluding hydrogens is 350 g/mol. The molecule has 0 bridgehead atoms. The van der Waals surface area contributed by atoms with E-state index >= 15 is 0 Å². The Bertz CT molecular complexity index is 900. The molecular formula is C23H25N3O2. The van der Waals surface area contributed by atoms with Gasteiger partial charge in [-0.1, -0.05) is 42.4 Å². The van der Waals surface area contributed by atoms with Gasteiger partial charge in [0.2, 0.25) is 5.76 Å². The number of hydrogen-bond donors (Lipinski definition) is 0. The molecule has 5 nitrogen and oxygen atoms in total. The predicted molar refractivity (Wildman–Crippen MR) is 107 cm³/mol. The Labute approximate surface area is 165 Å². The molecule has 1 aromatic carbocycles. The van der Waals surface area contributed by atoms with Gasteiger partial charge in [-0.15, -0.1) is 0 Å². The topological polar surface area (TPSA) is 59.2 Å². The van der Waals surface area contributed by atoms with Gasteiger partial charge in [0.25, 0.3) is 5.91 Å². The fourth-order valence-electron chi connectivity index (χ4n) is 3.93. The number of likely N-dealkylation sites (tertiary alicyclic amines) is 1. The summed E-state index contributed by atoms with van der Waals surface area (Å²) in [6, 6.07) is 16.3. The number of amides is 1. The first kappa shape index (κ1) is 18.4. The Kier molecular flexibility index (Phi) is 5.51.